The maximum Gasteiger partial charge on any atom is 0.0725 e. The number of nitrogens with zero attached hydrogens (tertiary/aromatic N) is 1. The molecule has 260 valence electrons. The molecule has 2 aliphatic carbocycles. The van der Waals surface area contributed by atoms with E-state index in [-0.39, 0.29) is 0 Å². The smallest absolute Gasteiger partial charge is 0.0725 e. The lowest BCUT2D eigenvalue weighted by molar-refractivity contribution is 0.754. The fourth-order valence-corrected chi connectivity index (χ4v) is 10.3. The van der Waals surface area contributed by atoms with Gasteiger partial charge in [-0.2, -0.15) is 0 Å². The maximum atomic E-state index is 2.52. The van der Waals surface area contributed by atoms with Crippen LogP contribution in [-0.2, 0) is 5.41 Å². The monoisotopic (exact) mass is 709 g/mol. The molecule has 1 spiro atoms. The van der Waals surface area contributed by atoms with Crippen LogP contribution in [0.5, 0.6) is 0 Å². The predicted octanol–water partition coefficient (Wildman–Crippen LogP) is 14.6. The highest BCUT2D eigenvalue weighted by atomic mass is 15.1. The summed E-state index contributed by atoms with van der Waals surface area (Å²) in [5.41, 5.74) is 15.8. The molecule has 0 N–H and O–H groups in total. The van der Waals surface area contributed by atoms with Crippen LogP contribution in [0.25, 0.3) is 65.7 Å². The molecule has 0 saturated heterocycles. The molecule has 0 heterocycles. The number of anilines is 3. The van der Waals surface area contributed by atoms with E-state index < -0.39 is 5.41 Å². The van der Waals surface area contributed by atoms with Crippen LogP contribution in [0.15, 0.2) is 212 Å². The van der Waals surface area contributed by atoms with Crippen molar-refractivity contribution in [3.05, 3.63) is 235 Å². The Bertz CT molecular complexity index is 3190. The zero-order chi connectivity index (χ0) is 36.8. The minimum Gasteiger partial charge on any atom is -0.309 e. The quantitative estimate of drug-likeness (QED) is 0.176. The van der Waals surface area contributed by atoms with E-state index in [0.717, 1.165) is 11.4 Å². The van der Waals surface area contributed by atoms with Crippen molar-refractivity contribution in [3.63, 3.8) is 0 Å². The fourth-order valence-electron chi connectivity index (χ4n) is 10.3. The lowest BCUT2D eigenvalue weighted by atomic mass is 9.55. The van der Waals surface area contributed by atoms with Crippen molar-refractivity contribution in [1.82, 2.24) is 0 Å². The summed E-state index contributed by atoms with van der Waals surface area (Å²) in [5.74, 6) is 0. The molecule has 10 aromatic carbocycles. The molecule has 0 fully saturated rings. The molecule has 0 aliphatic heterocycles. The number of para-hydroxylation sites is 1. The lowest BCUT2D eigenvalue weighted by Crippen LogP contribution is -2.36. The molecule has 12 rings (SSSR count). The van der Waals surface area contributed by atoms with Crippen LogP contribution in [0.1, 0.15) is 22.3 Å². The first kappa shape index (κ1) is 31.2. The summed E-state index contributed by atoms with van der Waals surface area (Å²) in [6, 6.07) is 79.0. The third-order valence-corrected chi connectivity index (χ3v) is 12.4. The molecule has 1 unspecified atom stereocenters. The normalized spacial score (nSPS) is 14.9. The predicted molar refractivity (Wildman–Crippen MR) is 235 cm³/mol. The van der Waals surface area contributed by atoms with Crippen molar-refractivity contribution in [2.75, 3.05) is 4.90 Å². The Kier molecular flexibility index (Phi) is 6.62. The second-order valence-electron chi connectivity index (χ2n) is 15.1. The molecule has 0 aromatic heterocycles. The van der Waals surface area contributed by atoms with Gasteiger partial charge < -0.3 is 4.90 Å². The van der Waals surface area contributed by atoms with Crippen LogP contribution in [0, 0.1) is 0 Å². The maximum absolute atomic E-state index is 2.52. The number of hydrogen-bond acceptors (Lipinski definition) is 1. The second kappa shape index (κ2) is 11.9. The molecule has 1 atom stereocenters. The highest BCUT2D eigenvalue weighted by molar-refractivity contribution is 6.16. The molecule has 0 saturated carbocycles. The first-order valence-corrected chi connectivity index (χ1v) is 19.5. The van der Waals surface area contributed by atoms with Gasteiger partial charge in [-0.25, -0.2) is 0 Å². The van der Waals surface area contributed by atoms with Crippen molar-refractivity contribution in [2.24, 2.45) is 0 Å². The van der Waals surface area contributed by atoms with Crippen molar-refractivity contribution >= 4 is 49.4 Å². The first-order chi connectivity index (χ1) is 27.8. The third kappa shape index (κ3) is 4.15. The van der Waals surface area contributed by atoms with E-state index in [0.29, 0.717) is 0 Å². The van der Waals surface area contributed by atoms with Crippen LogP contribution in [0.4, 0.5) is 17.1 Å². The standard InChI is InChI=1S/C55H35N/c1-3-16-36(17-4-1)41-33-32-37-18-7-8-23-40(37)54(41)56(39-21-5-2-6-22-39)51-35-34-45-43-25-10-12-29-48(43)55(50-31-15-27-46(51)53(45)50)47-28-11-9-24-42(47)44-26-13-19-38-20-14-30-49(55)52(38)44/h1-35H. The highest BCUT2D eigenvalue weighted by Crippen LogP contribution is 2.62. The van der Waals surface area contributed by atoms with Gasteiger partial charge in [0.15, 0.2) is 0 Å². The molecule has 1 heteroatoms. The molecule has 2 aliphatic rings. The summed E-state index contributed by atoms with van der Waals surface area (Å²) in [4.78, 5) is 2.52. The van der Waals surface area contributed by atoms with Gasteiger partial charge >= 0.3 is 0 Å². The molecule has 1 nitrogen and oxygen atoms in total. The zero-order valence-corrected chi connectivity index (χ0v) is 30.7. The number of hydrogen-bond donors (Lipinski definition) is 0. The highest BCUT2D eigenvalue weighted by Gasteiger charge is 2.48. The van der Waals surface area contributed by atoms with Gasteiger partial charge in [0.05, 0.1) is 16.8 Å². The largest absolute Gasteiger partial charge is 0.309 e. The molecule has 0 radical (unpaired) electrons. The molecule has 0 bridgehead atoms. The third-order valence-electron chi connectivity index (χ3n) is 12.4. The fraction of sp³-hybridized carbons (Fsp3) is 0.0182. The lowest BCUT2D eigenvalue weighted by Gasteiger charge is -2.46. The van der Waals surface area contributed by atoms with Crippen LogP contribution >= 0.6 is 0 Å². The Morgan fingerprint density at radius 3 is 1.59 bits per heavy atom. The molecule has 56 heavy (non-hydrogen) atoms. The number of benzene rings is 10. The Balaban J connectivity index is 1.24. The summed E-state index contributed by atoms with van der Waals surface area (Å²) in [6.45, 7) is 0. The minimum absolute atomic E-state index is 0.529. The summed E-state index contributed by atoms with van der Waals surface area (Å²) in [7, 11) is 0. The van der Waals surface area contributed by atoms with Crippen LogP contribution < -0.4 is 4.90 Å². The van der Waals surface area contributed by atoms with Crippen LogP contribution in [0.2, 0.25) is 0 Å². The van der Waals surface area contributed by atoms with Crippen molar-refractivity contribution in [1.29, 1.82) is 0 Å². The Morgan fingerprint density at radius 1 is 0.304 bits per heavy atom. The van der Waals surface area contributed by atoms with Gasteiger partial charge in [-0.15, -0.1) is 0 Å². The van der Waals surface area contributed by atoms with Crippen molar-refractivity contribution < 1.29 is 0 Å². The summed E-state index contributed by atoms with van der Waals surface area (Å²) in [5, 5.41) is 7.58. The van der Waals surface area contributed by atoms with E-state index in [9.17, 15) is 0 Å². The van der Waals surface area contributed by atoms with Gasteiger partial charge in [0, 0.05) is 22.0 Å². The zero-order valence-electron chi connectivity index (χ0n) is 30.7. The topological polar surface area (TPSA) is 3.24 Å². The van der Waals surface area contributed by atoms with Gasteiger partial charge in [0.2, 0.25) is 0 Å². The van der Waals surface area contributed by atoms with E-state index in [1.165, 1.54) is 93.6 Å². The average Bonchev–Trinajstić information content (AvgIpc) is 3.27. The SMILES string of the molecule is c1ccc(-c2ccc3ccccc3c2N(c2ccccc2)c2ccc3c4c(cccc24)C2(c4ccccc4-c4cccc5cccc2c45)c2ccccc2-3)cc1. The second-order valence-corrected chi connectivity index (χ2v) is 15.1. The molecule has 10 aromatic rings. The Labute approximate surface area is 326 Å². The first-order valence-electron chi connectivity index (χ1n) is 19.5. The summed E-state index contributed by atoms with van der Waals surface area (Å²) < 4.78 is 0. The molecular formula is C55H35N. The Hall–Kier alpha value is -7.22. The van der Waals surface area contributed by atoms with E-state index in [4.69, 9.17) is 0 Å². The van der Waals surface area contributed by atoms with Gasteiger partial charge in [-0.1, -0.05) is 194 Å². The van der Waals surface area contributed by atoms with Crippen molar-refractivity contribution in [3.8, 4) is 33.4 Å². The van der Waals surface area contributed by atoms with Gasteiger partial charge in [0.1, 0.15) is 0 Å². The Morgan fingerprint density at radius 2 is 0.821 bits per heavy atom. The van der Waals surface area contributed by atoms with Crippen LogP contribution in [-0.4, -0.2) is 0 Å². The van der Waals surface area contributed by atoms with E-state index in [1.807, 2.05) is 0 Å². The molecule has 0 amide bonds. The number of fused-ring (bicyclic) bond motifs is 9. The van der Waals surface area contributed by atoms with E-state index in [1.54, 1.807) is 0 Å². The van der Waals surface area contributed by atoms with Gasteiger partial charge in [-0.3, -0.25) is 0 Å². The van der Waals surface area contributed by atoms with E-state index >= 15 is 0 Å². The average molecular weight is 710 g/mol. The van der Waals surface area contributed by atoms with E-state index in [2.05, 4.69) is 217 Å². The minimum atomic E-state index is -0.529. The summed E-state index contributed by atoms with van der Waals surface area (Å²) >= 11 is 0. The summed E-state index contributed by atoms with van der Waals surface area (Å²) in [6.07, 6.45) is 0. The van der Waals surface area contributed by atoms with Crippen LogP contribution in [0.3, 0.4) is 0 Å². The molecular weight excluding hydrogens is 675 g/mol. The van der Waals surface area contributed by atoms with Crippen molar-refractivity contribution in [2.45, 2.75) is 5.41 Å². The van der Waals surface area contributed by atoms with Gasteiger partial charge in [-0.05, 0) is 89.8 Å². The number of rotatable bonds is 4. The van der Waals surface area contributed by atoms with Gasteiger partial charge in [0.25, 0.3) is 0 Å².